The molecule has 1 aliphatic rings. The van der Waals surface area contributed by atoms with Crippen molar-refractivity contribution in [3.63, 3.8) is 0 Å². The maximum atomic E-state index is 13.8. The molecule has 4 atom stereocenters. The van der Waals surface area contributed by atoms with Crippen LogP contribution in [0.1, 0.15) is 50.3 Å². The van der Waals surface area contributed by atoms with E-state index >= 15 is 0 Å². The van der Waals surface area contributed by atoms with Gasteiger partial charge in [-0.25, -0.2) is 9.69 Å². The summed E-state index contributed by atoms with van der Waals surface area (Å²) >= 11 is 0. The fourth-order valence-corrected chi connectivity index (χ4v) is 5.11. The van der Waals surface area contributed by atoms with Crippen molar-refractivity contribution in [1.82, 2.24) is 4.90 Å². The van der Waals surface area contributed by atoms with E-state index in [1.165, 1.54) is 0 Å². The van der Waals surface area contributed by atoms with Crippen LogP contribution in [-0.2, 0) is 49.5 Å². The molecule has 0 aliphatic carbocycles. The van der Waals surface area contributed by atoms with Crippen LogP contribution in [0.5, 0.6) is 0 Å². The van der Waals surface area contributed by atoms with Crippen LogP contribution in [0.4, 0.5) is 4.79 Å². The zero-order valence-electron chi connectivity index (χ0n) is 28.1. The summed E-state index contributed by atoms with van der Waals surface area (Å²) in [6.45, 7) is 6.88. The molecule has 48 heavy (non-hydrogen) atoms. The summed E-state index contributed by atoms with van der Waals surface area (Å²) in [5.41, 5.74) is 2.29. The minimum absolute atomic E-state index is 0.00226. The number of aliphatic hydroxyl groups excluding tert-OH is 1. The van der Waals surface area contributed by atoms with Crippen LogP contribution in [0.2, 0.25) is 0 Å². The van der Waals surface area contributed by atoms with Gasteiger partial charge in [0.2, 0.25) is 0 Å². The molecule has 1 heterocycles. The smallest absolute Gasteiger partial charge is 0.417 e. The average Bonchev–Trinajstić information content (AvgIpc) is 3.46. The van der Waals surface area contributed by atoms with E-state index in [1.807, 2.05) is 57.2 Å². The number of ether oxygens (including phenoxy) is 5. The molecule has 2 aromatic carbocycles. The summed E-state index contributed by atoms with van der Waals surface area (Å²) in [5, 5.41) is 9.67. The highest BCUT2D eigenvalue weighted by molar-refractivity contribution is 6.25. The van der Waals surface area contributed by atoms with Crippen LogP contribution in [0, 0.1) is 12.8 Å². The number of hydrogen-bond acceptors (Lipinski definition) is 11. The number of nitrogens with zero attached hydrogens (tertiary/aromatic N) is 1. The SMILES string of the molecule is CO[C@H](C(=O)N1C(=O)OC[C@@H]1C(C)C)[C@H](OC(C)=O)C(=O)C=C(C(=O)CCCOC[C@@H](CO)OCc1ccccc1)c1cccc(C)c1. The lowest BCUT2D eigenvalue weighted by Gasteiger charge is -2.29. The molecule has 1 saturated heterocycles. The summed E-state index contributed by atoms with van der Waals surface area (Å²) < 4.78 is 27.1. The number of aliphatic hydroxyl groups is 1. The number of amides is 2. The number of carbonyl (C=O) groups excluding carboxylic acids is 5. The molecule has 1 fully saturated rings. The molecule has 3 rings (SSSR count). The van der Waals surface area contributed by atoms with Gasteiger partial charge >= 0.3 is 12.1 Å². The predicted octanol–water partition coefficient (Wildman–Crippen LogP) is 3.84. The molecule has 0 radical (unpaired) electrons. The Labute approximate surface area is 280 Å². The minimum atomic E-state index is -1.79. The molecule has 12 nitrogen and oxygen atoms in total. The van der Waals surface area contributed by atoms with Crippen molar-refractivity contribution in [1.29, 1.82) is 0 Å². The van der Waals surface area contributed by atoms with Crippen molar-refractivity contribution in [3.05, 3.63) is 77.4 Å². The second-order valence-electron chi connectivity index (χ2n) is 11.8. The first-order valence-corrected chi connectivity index (χ1v) is 15.9. The van der Waals surface area contributed by atoms with E-state index in [1.54, 1.807) is 18.2 Å². The van der Waals surface area contributed by atoms with Crippen LogP contribution in [0.15, 0.2) is 60.7 Å². The number of Topliss-reactive ketones (excluding diaryl/α,β-unsaturated/α-hetero) is 1. The van der Waals surface area contributed by atoms with Crippen molar-refractivity contribution >= 4 is 35.1 Å². The Morgan fingerprint density at radius 3 is 2.42 bits per heavy atom. The van der Waals surface area contributed by atoms with Gasteiger partial charge < -0.3 is 28.8 Å². The Balaban J connectivity index is 1.75. The number of methoxy groups -OCH3 is 1. The second kappa shape index (κ2) is 18.9. The third kappa shape index (κ3) is 10.9. The molecule has 0 bridgehead atoms. The molecule has 2 aromatic rings. The molecule has 0 saturated carbocycles. The van der Waals surface area contributed by atoms with Gasteiger partial charge in [-0.05, 0) is 36.5 Å². The number of carbonyl (C=O) groups is 5. The number of aryl methyl sites for hydroxylation is 1. The topological polar surface area (TPSA) is 155 Å². The first-order chi connectivity index (χ1) is 23.0. The highest BCUT2D eigenvalue weighted by Crippen LogP contribution is 2.25. The van der Waals surface area contributed by atoms with Gasteiger partial charge in [0.25, 0.3) is 5.91 Å². The lowest BCUT2D eigenvalue weighted by molar-refractivity contribution is -0.166. The number of esters is 1. The van der Waals surface area contributed by atoms with Gasteiger partial charge in [0.1, 0.15) is 12.7 Å². The van der Waals surface area contributed by atoms with Crippen molar-refractivity contribution < 1.29 is 52.8 Å². The van der Waals surface area contributed by atoms with E-state index in [-0.39, 0.29) is 50.1 Å². The van der Waals surface area contributed by atoms with Gasteiger partial charge in [-0.3, -0.25) is 19.2 Å². The fraction of sp³-hybridized carbons (Fsp3) is 0.472. The molecular weight excluding hydrogens is 622 g/mol. The zero-order valence-corrected chi connectivity index (χ0v) is 28.1. The third-order valence-electron chi connectivity index (χ3n) is 7.70. The Morgan fingerprint density at radius 2 is 1.79 bits per heavy atom. The molecule has 0 aromatic heterocycles. The van der Waals surface area contributed by atoms with E-state index in [2.05, 4.69) is 0 Å². The lowest BCUT2D eigenvalue weighted by Crippen LogP contribution is -2.53. The second-order valence-corrected chi connectivity index (χ2v) is 11.8. The normalized spacial score (nSPS) is 16.7. The van der Waals surface area contributed by atoms with Crippen molar-refractivity contribution in [2.75, 3.05) is 33.5 Å². The summed E-state index contributed by atoms with van der Waals surface area (Å²) in [4.78, 5) is 66.4. The molecule has 1 N–H and O–H groups in total. The lowest BCUT2D eigenvalue weighted by atomic mass is 9.94. The predicted molar refractivity (Wildman–Crippen MR) is 174 cm³/mol. The third-order valence-corrected chi connectivity index (χ3v) is 7.70. The van der Waals surface area contributed by atoms with Gasteiger partial charge in [0.15, 0.2) is 23.8 Å². The van der Waals surface area contributed by atoms with Gasteiger partial charge in [-0.2, -0.15) is 0 Å². The molecule has 1 aliphatic heterocycles. The number of imide groups is 1. The van der Waals surface area contributed by atoms with Crippen molar-refractivity contribution in [2.24, 2.45) is 5.92 Å². The van der Waals surface area contributed by atoms with Crippen molar-refractivity contribution in [2.45, 2.75) is 71.5 Å². The van der Waals surface area contributed by atoms with Crippen LogP contribution >= 0.6 is 0 Å². The number of allylic oxidation sites excluding steroid dienone is 1. The Hall–Kier alpha value is -4.23. The summed E-state index contributed by atoms with van der Waals surface area (Å²) in [7, 11) is 1.16. The van der Waals surface area contributed by atoms with Crippen LogP contribution in [-0.4, -0.2) is 97.4 Å². The van der Waals surface area contributed by atoms with Gasteiger partial charge in [0.05, 0.1) is 25.9 Å². The first-order valence-electron chi connectivity index (χ1n) is 15.9. The highest BCUT2D eigenvalue weighted by atomic mass is 16.6. The van der Waals surface area contributed by atoms with Crippen molar-refractivity contribution in [3.8, 4) is 0 Å². The van der Waals surface area contributed by atoms with E-state index in [0.29, 0.717) is 18.6 Å². The zero-order chi connectivity index (χ0) is 35.2. The molecule has 0 spiro atoms. The van der Waals surface area contributed by atoms with Crippen LogP contribution < -0.4 is 0 Å². The summed E-state index contributed by atoms with van der Waals surface area (Å²) in [5.74, 6) is -3.19. The molecule has 260 valence electrons. The fourth-order valence-electron chi connectivity index (χ4n) is 5.11. The summed E-state index contributed by atoms with van der Waals surface area (Å²) in [6, 6.07) is 15.9. The monoisotopic (exact) mass is 667 g/mol. The first kappa shape index (κ1) is 38.2. The van der Waals surface area contributed by atoms with Gasteiger partial charge in [-0.15, -0.1) is 0 Å². The molecular formula is C36H45NO11. The molecule has 12 heteroatoms. The largest absolute Gasteiger partial charge is 0.451 e. The van der Waals surface area contributed by atoms with E-state index in [4.69, 9.17) is 23.7 Å². The van der Waals surface area contributed by atoms with E-state index < -0.39 is 48.1 Å². The number of hydrogen-bond donors (Lipinski definition) is 1. The minimum Gasteiger partial charge on any atom is -0.451 e. The Bertz CT molecular complexity index is 1440. The average molecular weight is 668 g/mol. The van der Waals surface area contributed by atoms with Crippen LogP contribution in [0.3, 0.4) is 0 Å². The van der Waals surface area contributed by atoms with Gasteiger partial charge in [0, 0.05) is 32.6 Å². The Kier molecular flexibility index (Phi) is 15.1. The maximum absolute atomic E-state index is 13.8. The van der Waals surface area contributed by atoms with Gasteiger partial charge in [-0.1, -0.05) is 74.0 Å². The van der Waals surface area contributed by atoms with E-state index in [0.717, 1.165) is 36.1 Å². The standard InChI is InChI=1S/C36H45NO11/c1-23(2)30-22-47-36(43)37(30)35(42)34(44-5)33(48-25(4)39)32(41)18-29(27-14-9-11-24(3)17-27)31(40)15-10-16-45-21-28(19-38)46-20-26-12-7-6-8-13-26/h6-9,11-14,17-18,23,28,30,33-34,38H,10,15-16,19-22H2,1-5H3/t28-,30-,33-,34+/m1/s1. The molecule has 0 unspecified atom stereocenters. The highest BCUT2D eigenvalue weighted by Gasteiger charge is 2.47. The number of rotatable bonds is 19. The number of benzene rings is 2. The van der Waals surface area contributed by atoms with Crippen LogP contribution in [0.25, 0.3) is 5.57 Å². The maximum Gasteiger partial charge on any atom is 0.417 e. The quantitative estimate of drug-likeness (QED) is 0.132. The number of ketones is 2. The van der Waals surface area contributed by atoms with E-state index in [9.17, 15) is 29.1 Å². The molecule has 2 amide bonds. The Morgan fingerprint density at radius 1 is 1.06 bits per heavy atom. The summed E-state index contributed by atoms with van der Waals surface area (Å²) in [6.07, 6.45) is -3.56. The number of cyclic esters (lactones) is 1.